The van der Waals surface area contributed by atoms with Crippen molar-refractivity contribution >= 4 is 11.8 Å². The van der Waals surface area contributed by atoms with Gasteiger partial charge in [-0.1, -0.05) is 0 Å². The number of rotatable bonds is 3. The van der Waals surface area contributed by atoms with E-state index < -0.39 is 0 Å². The van der Waals surface area contributed by atoms with E-state index in [0.29, 0.717) is 6.04 Å². The summed E-state index contributed by atoms with van der Waals surface area (Å²) in [7, 11) is 0. The summed E-state index contributed by atoms with van der Waals surface area (Å²) in [4.78, 5) is 4.07. The maximum Gasteiger partial charge on any atom is 0.180 e. The fourth-order valence-electron chi connectivity index (χ4n) is 1.48. The summed E-state index contributed by atoms with van der Waals surface area (Å²) in [5, 5.41) is 3.49. The van der Waals surface area contributed by atoms with Crippen LogP contribution in [0.2, 0.25) is 0 Å². The van der Waals surface area contributed by atoms with E-state index in [1.165, 1.54) is 30.7 Å². The molecule has 0 saturated carbocycles. The first-order valence-corrected chi connectivity index (χ1v) is 5.79. The molecular weight excluding hydrogens is 184 g/mol. The Morgan fingerprint density at radius 3 is 3.08 bits per heavy atom. The largest absolute Gasteiger partial charge is 0.451 e. The van der Waals surface area contributed by atoms with Crippen molar-refractivity contribution in [2.45, 2.75) is 25.4 Å². The van der Waals surface area contributed by atoms with Gasteiger partial charge in [0, 0.05) is 12.6 Å². The Hall–Kier alpha value is -0.480. The van der Waals surface area contributed by atoms with Gasteiger partial charge in [0.2, 0.25) is 0 Å². The zero-order valence-electron chi connectivity index (χ0n) is 7.53. The third kappa shape index (κ3) is 2.74. The Morgan fingerprint density at radius 1 is 1.54 bits per heavy atom. The molecule has 13 heavy (non-hydrogen) atoms. The van der Waals surface area contributed by atoms with Crippen molar-refractivity contribution in [1.29, 1.82) is 0 Å². The van der Waals surface area contributed by atoms with Crippen LogP contribution in [0.3, 0.4) is 0 Å². The molecule has 1 saturated heterocycles. The third-order valence-electron chi connectivity index (χ3n) is 2.28. The van der Waals surface area contributed by atoms with Gasteiger partial charge in [0.25, 0.3) is 0 Å². The predicted molar refractivity (Wildman–Crippen MR) is 53.7 cm³/mol. The molecule has 4 heteroatoms. The summed E-state index contributed by atoms with van der Waals surface area (Å²) in [6, 6.07) is 0.679. The van der Waals surface area contributed by atoms with Crippen LogP contribution in [0.5, 0.6) is 0 Å². The van der Waals surface area contributed by atoms with E-state index in [1.54, 1.807) is 6.26 Å². The molecule has 0 atom stereocenters. The minimum Gasteiger partial charge on any atom is -0.451 e. The van der Waals surface area contributed by atoms with Gasteiger partial charge in [-0.3, -0.25) is 0 Å². The molecule has 1 aliphatic rings. The smallest absolute Gasteiger partial charge is 0.180 e. The molecular formula is C9H14N2OS. The van der Waals surface area contributed by atoms with Crippen molar-refractivity contribution in [3.63, 3.8) is 0 Å². The summed E-state index contributed by atoms with van der Waals surface area (Å²) in [5.74, 6) is 2.58. The van der Waals surface area contributed by atoms with Gasteiger partial charge in [-0.2, -0.15) is 11.8 Å². The quantitative estimate of drug-likeness (QED) is 0.801. The van der Waals surface area contributed by atoms with Gasteiger partial charge in [-0.15, -0.1) is 0 Å². The van der Waals surface area contributed by atoms with Crippen molar-refractivity contribution < 1.29 is 4.42 Å². The van der Waals surface area contributed by atoms with Crippen LogP contribution in [0.25, 0.3) is 0 Å². The Kier molecular flexibility index (Phi) is 3.27. The second-order valence-corrected chi connectivity index (χ2v) is 4.47. The van der Waals surface area contributed by atoms with Crippen molar-refractivity contribution in [3.8, 4) is 0 Å². The molecule has 1 N–H and O–H groups in total. The number of thioether (sulfide) groups is 1. The van der Waals surface area contributed by atoms with Crippen LogP contribution in [0, 0.1) is 0 Å². The number of aromatic nitrogens is 1. The minimum absolute atomic E-state index is 0.679. The van der Waals surface area contributed by atoms with E-state index in [0.717, 1.165) is 12.2 Å². The van der Waals surface area contributed by atoms with Gasteiger partial charge in [-0.05, 0) is 24.3 Å². The van der Waals surface area contributed by atoms with Crippen LogP contribution in [0.1, 0.15) is 18.5 Å². The highest BCUT2D eigenvalue weighted by Crippen LogP contribution is 2.17. The molecule has 0 spiro atoms. The molecule has 0 amide bonds. The lowest BCUT2D eigenvalue weighted by Gasteiger charge is -2.21. The van der Waals surface area contributed by atoms with E-state index in [9.17, 15) is 0 Å². The lowest BCUT2D eigenvalue weighted by atomic mass is 10.1. The Morgan fingerprint density at radius 2 is 2.38 bits per heavy atom. The van der Waals surface area contributed by atoms with Crippen molar-refractivity contribution in [3.05, 3.63) is 18.4 Å². The predicted octanol–water partition coefficient (Wildman–Crippen LogP) is 1.66. The van der Waals surface area contributed by atoms with Gasteiger partial charge in [0.05, 0.1) is 5.69 Å². The zero-order chi connectivity index (χ0) is 8.93. The summed E-state index contributed by atoms with van der Waals surface area (Å²) in [6.07, 6.45) is 5.74. The summed E-state index contributed by atoms with van der Waals surface area (Å²) in [6.45, 7) is 0.839. The minimum atomic E-state index is 0.679. The van der Waals surface area contributed by atoms with E-state index in [2.05, 4.69) is 10.3 Å². The molecule has 3 nitrogen and oxygen atoms in total. The average Bonchev–Trinajstić information content (AvgIpc) is 2.69. The van der Waals surface area contributed by atoms with Gasteiger partial charge in [0.15, 0.2) is 6.39 Å². The molecule has 2 rings (SSSR count). The van der Waals surface area contributed by atoms with Crippen LogP contribution in [0.15, 0.2) is 17.1 Å². The topological polar surface area (TPSA) is 38.1 Å². The van der Waals surface area contributed by atoms with Crippen LogP contribution in [-0.4, -0.2) is 22.5 Å². The molecule has 0 unspecified atom stereocenters. The summed E-state index contributed by atoms with van der Waals surface area (Å²) < 4.78 is 4.90. The van der Waals surface area contributed by atoms with Crippen molar-refractivity contribution in [2.75, 3.05) is 11.5 Å². The maximum atomic E-state index is 4.90. The van der Waals surface area contributed by atoms with Crippen LogP contribution in [-0.2, 0) is 6.54 Å². The normalized spacial score (nSPS) is 19.1. The van der Waals surface area contributed by atoms with E-state index in [1.807, 2.05) is 11.8 Å². The van der Waals surface area contributed by atoms with Gasteiger partial charge >= 0.3 is 0 Å². The van der Waals surface area contributed by atoms with Gasteiger partial charge in [-0.25, -0.2) is 4.98 Å². The molecule has 0 radical (unpaired) electrons. The molecule has 0 aromatic carbocycles. The second-order valence-electron chi connectivity index (χ2n) is 3.25. The molecule has 1 aromatic rings. The Labute approximate surface area is 82.3 Å². The first-order valence-electron chi connectivity index (χ1n) is 4.63. The number of nitrogens with one attached hydrogen (secondary N) is 1. The van der Waals surface area contributed by atoms with Crippen LogP contribution < -0.4 is 5.32 Å². The molecule has 1 fully saturated rings. The first kappa shape index (κ1) is 9.09. The van der Waals surface area contributed by atoms with Gasteiger partial charge < -0.3 is 9.73 Å². The summed E-state index contributed by atoms with van der Waals surface area (Å²) >= 11 is 2.05. The highest BCUT2D eigenvalue weighted by Gasteiger charge is 2.12. The monoisotopic (exact) mass is 198 g/mol. The number of oxazole rings is 1. The lowest BCUT2D eigenvalue weighted by molar-refractivity contribution is 0.477. The van der Waals surface area contributed by atoms with Crippen LogP contribution in [0.4, 0.5) is 0 Å². The number of hydrogen-bond donors (Lipinski definition) is 1. The van der Waals surface area contributed by atoms with Crippen molar-refractivity contribution in [2.24, 2.45) is 0 Å². The first-order chi connectivity index (χ1) is 6.45. The molecule has 1 aliphatic heterocycles. The standard InChI is InChI=1S/C9H14N2OS/c1-3-13-4-2-8(1)10-5-9-6-12-7-11-9/h6-8,10H,1-5H2. The second kappa shape index (κ2) is 4.67. The number of hydrogen-bond acceptors (Lipinski definition) is 4. The third-order valence-corrected chi connectivity index (χ3v) is 3.33. The molecule has 0 bridgehead atoms. The van der Waals surface area contributed by atoms with E-state index in [4.69, 9.17) is 4.42 Å². The lowest BCUT2D eigenvalue weighted by Crippen LogP contribution is -2.32. The highest BCUT2D eigenvalue weighted by molar-refractivity contribution is 7.99. The molecule has 72 valence electrons. The van der Waals surface area contributed by atoms with Crippen LogP contribution >= 0.6 is 11.8 Å². The average molecular weight is 198 g/mol. The SMILES string of the molecule is c1nc(CNC2CCSCC2)co1. The molecule has 2 heterocycles. The fraction of sp³-hybridized carbons (Fsp3) is 0.667. The van der Waals surface area contributed by atoms with E-state index >= 15 is 0 Å². The van der Waals surface area contributed by atoms with Crippen molar-refractivity contribution in [1.82, 2.24) is 10.3 Å². The highest BCUT2D eigenvalue weighted by atomic mass is 32.2. The van der Waals surface area contributed by atoms with Gasteiger partial charge in [0.1, 0.15) is 6.26 Å². The number of nitrogens with zero attached hydrogens (tertiary/aromatic N) is 1. The molecule has 0 aliphatic carbocycles. The van der Waals surface area contributed by atoms with E-state index in [-0.39, 0.29) is 0 Å². The Bertz CT molecular complexity index is 232. The maximum absolute atomic E-state index is 4.90. The Balaban J connectivity index is 1.72. The fourth-order valence-corrected chi connectivity index (χ4v) is 2.58. The summed E-state index contributed by atoms with van der Waals surface area (Å²) in [5.41, 5.74) is 0.998. The molecule has 1 aromatic heterocycles. The zero-order valence-corrected chi connectivity index (χ0v) is 8.35.